The second-order valence-electron chi connectivity index (χ2n) is 3.45. The van der Waals surface area contributed by atoms with Gasteiger partial charge in [-0.3, -0.25) is 9.36 Å². The van der Waals surface area contributed by atoms with Gasteiger partial charge in [0.15, 0.2) is 0 Å². The average Bonchev–Trinajstić information content (AvgIpc) is 2.68. The van der Waals surface area contributed by atoms with E-state index < -0.39 is 0 Å². The predicted molar refractivity (Wildman–Crippen MR) is 59.5 cm³/mol. The van der Waals surface area contributed by atoms with Crippen molar-refractivity contribution in [3.05, 3.63) is 33.6 Å². The van der Waals surface area contributed by atoms with Gasteiger partial charge in [0.2, 0.25) is 5.95 Å². The van der Waals surface area contributed by atoms with E-state index >= 15 is 0 Å². The predicted octanol–water partition coefficient (Wildman–Crippen LogP) is 1.48. The summed E-state index contributed by atoms with van der Waals surface area (Å²) in [7, 11) is 0. The fraction of sp³-hybridized carbons (Fsp3) is 0.200. The number of nitrogens with one attached hydrogen (secondary N) is 1. The standard InChI is InChI=1S/C10H8ClN3O/c11-7-3-1-2-6-8(7)13-10-12-4-5-14(10)9(6)15/h1-3H,4-5H2,(H,12,13). The summed E-state index contributed by atoms with van der Waals surface area (Å²) in [6, 6.07) is 5.26. The smallest absolute Gasteiger partial charge is 0.262 e. The number of aromatic nitrogens is 2. The van der Waals surface area contributed by atoms with E-state index in [4.69, 9.17) is 11.6 Å². The van der Waals surface area contributed by atoms with Gasteiger partial charge < -0.3 is 5.32 Å². The highest BCUT2D eigenvalue weighted by atomic mass is 35.5. The van der Waals surface area contributed by atoms with Gasteiger partial charge in [-0.1, -0.05) is 17.7 Å². The van der Waals surface area contributed by atoms with Crippen LogP contribution in [-0.2, 0) is 6.54 Å². The first-order valence-electron chi connectivity index (χ1n) is 4.70. The molecule has 0 atom stereocenters. The Labute approximate surface area is 90.5 Å². The molecule has 4 nitrogen and oxygen atoms in total. The van der Waals surface area contributed by atoms with Gasteiger partial charge in [-0.05, 0) is 12.1 Å². The highest BCUT2D eigenvalue weighted by Crippen LogP contribution is 2.21. The molecule has 0 unspecified atom stereocenters. The maximum atomic E-state index is 12.0. The molecule has 5 heteroatoms. The molecule has 15 heavy (non-hydrogen) atoms. The van der Waals surface area contributed by atoms with Crippen molar-refractivity contribution in [1.29, 1.82) is 0 Å². The number of anilines is 1. The van der Waals surface area contributed by atoms with Crippen molar-refractivity contribution in [3.8, 4) is 0 Å². The van der Waals surface area contributed by atoms with Crippen molar-refractivity contribution >= 4 is 28.5 Å². The Morgan fingerprint density at radius 2 is 2.33 bits per heavy atom. The van der Waals surface area contributed by atoms with Crippen LogP contribution >= 0.6 is 11.6 Å². The first kappa shape index (κ1) is 8.73. The van der Waals surface area contributed by atoms with E-state index in [0.29, 0.717) is 28.4 Å². The van der Waals surface area contributed by atoms with E-state index in [1.54, 1.807) is 22.8 Å². The zero-order valence-corrected chi connectivity index (χ0v) is 8.58. The Hall–Kier alpha value is -1.55. The van der Waals surface area contributed by atoms with Crippen LogP contribution in [0.3, 0.4) is 0 Å². The normalized spacial score (nSPS) is 13.9. The minimum absolute atomic E-state index is 0.0255. The highest BCUT2D eigenvalue weighted by molar-refractivity contribution is 6.35. The van der Waals surface area contributed by atoms with Crippen LogP contribution in [0.4, 0.5) is 5.95 Å². The largest absolute Gasteiger partial charge is 0.354 e. The number of halogens is 1. The van der Waals surface area contributed by atoms with Gasteiger partial charge in [-0.2, -0.15) is 0 Å². The first-order valence-corrected chi connectivity index (χ1v) is 5.08. The van der Waals surface area contributed by atoms with Crippen LogP contribution in [0.1, 0.15) is 0 Å². The monoisotopic (exact) mass is 221 g/mol. The van der Waals surface area contributed by atoms with Crippen LogP contribution in [0, 0.1) is 0 Å². The summed E-state index contributed by atoms with van der Waals surface area (Å²) in [4.78, 5) is 16.3. The van der Waals surface area contributed by atoms with Crippen LogP contribution < -0.4 is 10.9 Å². The SMILES string of the molecule is O=c1c2cccc(Cl)c2nc2n1CCN2. The molecule has 0 aliphatic carbocycles. The van der Waals surface area contributed by atoms with E-state index in [9.17, 15) is 4.79 Å². The Kier molecular flexibility index (Phi) is 1.73. The van der Waals surface area contributed by atoms with Crippen LogP contribution in [0.5, 0.6) is 0 Å². The molecule has 0 radical (unpaired) electrons. The Morgan fingerprint density at radius 1 is 1.47 bits per heavy atom. The molecular weight excluding hydrogens is 214 g/mol. The zero-order valence-electron chi connectivity index (χ0n) is 7.83. The molecule has 1 aromatic carbocycles. The maximum absolute atomic E-state index is 12.0. The Morgan fingerprint density at radius 3 is 3.20 bits per heavy atom. The number of benzene rings is 1. The molecule has 0 spiro atoms. The van der Waals surface area contributed by atoms with Crippen molar-refractivity contribution in [2.24, 2.45) is 0 Å². The number of hydrogen-bond acceptors (Lipinski definition) is 3. The molecule has 0 fully saturated rings. The number of fused-ring (bicyclic) bond motifs is 2. The maximum Gasteiger partial charge on any atom is 0.262 e. The molecular formula is C10H8ClN3O. The highest BCUT2D eigenvalue weighted by Gasteiger charge is 2.16. The summed E-state index contributed by atoms with van der Waals surface area (Å²) in [5, 5.41) is 4.15. The summed E-state index contributed by atoms with van der Waals surface area (Å²) in [6.45, 7) is 1.42. The fourth-order valence-electron chi connectivity index (χ4n) is 1.83. The van der Waals surface area contributed by atoms with Gasteiger partial charge in [0.1, 0.15) is 0 Å². The van der Waals surface area contributed by atoms with Crippen molar-refractivity contribution in [2.45, 2.75) is 6.54 Å². The van der Waals surface area contributed by atoms with Crippen molar-refractivity contribution in [1.82, 2.24) is 9.55 Å². The van der Waals surface area contributed by atoms with Crippen molar-refractivity contribution < 1.29 is 0 Å². The van der Waals surface area contributed by atoms with E-state index in [0.717, 1.165) is 6.54 Å². The van der Waals surface area contributed by atoms with Gasteiger partial charge in [-0.15, -0.1) is 0 Å². The summed E-state index contributed by atoms with van der Waals surface area (Å²) in [6.07, 6.45) is 0. The molecule has 3 rings (SSSR count). The Balaban J connectivity index is 2.52. The topological polar surface area (TPSA) is 46.9 Å². The van der Waals surface area contributed by atoms with E-state index in [-0.39, 0.29) is 5.56 Å². The van der Waals surface area contributed by atoms with Gasteiger partial charge in [0.25, 0.3) is 5.56 Å². The molecule has 1 aliphatic rings. The Bertz CT molecular complexity index is 605. The number of para-hydroxylation sites is 1. The van der Waals surface area contributed by atoms with Gasteiger partial charge in [0, 0.05) is 13.1 Å². The van der Waals surface area contributed by atoms with E-state index in [2.05, 4.69) is 10.3 Å². The zero-order chi connectivity index (χ0) is 10.4. The van der Waals surface area contributed by atoms with Gasteiger partial charge >= 0.3 is 0 Å². The number of nitrogens with zero attached hydrogens (tertiary/aromatic N) is 2. The van der Waals surface area contributed by atoms with Crippen LogP contribution in [-0.4, -0.2) is 16.1 Å². The molecule has 0 amide bonds. The first-order chi connectivity index (χ1) is 7.27. The summed E-state index contributed by atoms with van der Waals surface area (Å²) in [5.74, 6) is 0.612. The quantitative estimate of drug-likeness (QED) is 0.733. The van der Waals surface area contributed by atoms with Crippen LogP contribution in [0.25, 0.3) is 10.9 Å². The van der Waals surface area contributed by atoms with Gasteiger partial charge in [0.05, 0.1) is 15.9 Å². The molecule has 1 N–H and O–H groups in total. The van der Waals surface area contributed by atoms with Crippen LogP contribution in [0.15, 0.2) is 23.0 Å². The third-order valence-corrected chi connectivity index (χ3v) is 2.86. The number of rotatable bonds is 0. The fourth-order valence-corrected chi connectivity index (χ4v) is 2.05. The average molecular weight is 222 g/mol. The molecule has 76 valence electrons. The molecule has 2 aromatic rings. The molecule has 1 aromatic heterocycles. The second kappa shape index (κ2) is 2.97. The lowest BCUT2D eigenvalue weighted by Crippen LogP contribution is -2.19. The lowest BCUT2D eigenvalue weighted by atomic mass is 10.2. The summed E-state index contributed by atoms with van der Waals surface area (Å²) in [5.41, 5.74) is 0.548. The van der Waals surface area contributed by atoms with Crippen molar-refractivity contribution in [2.75, 3.05) is 11.9 Å². The minimum Gasteiger partial charge on any atom is -0.354 e. The third kappa shape index (κ3) is 1.15. The second-order valence-corrected chi connectivity index (χ2v) is 3.86. The molecule has 0 saturated carbocycles. The number of hydrogen-bond donors (Lipinski definition) is 1. The third-order valence-electron chi connectivity index (χ3n) is 2.55. The van der Waals surface area contributed by atoms with Crippen molar-refractivity contribution in [3.63, 3.8) is 0 Å². The molecule has 0 saturated heterocycles. The van der Waals surface area contributed by atoms with Gasteiger partial charge in [-0.25, -0.2) is 4.98 Å². The summed E-state index contributed by atoms with van der Waals surface area (Å²) < 4.78 is 1.64. The lowest BCUT2D eigenvalue weighted by molar-refractivity contribution is 0.771. The molecule has 0 bridgehead atoms. The van der Waals surface area contributed by atoms with Crippen LogP contribution in [0.2, 0.25) is 5.02 Å². The van der Waals surface area contributed by atoms with E-state index in [1.165, 1.54) is 0 Å². The van der Waals surface area contributed by atoms with E-state index in [1.807, 2.05) is 0 Å². The minimum atomic E-state index is -0.0255. The molecule has 2 heterocycles. The summed E-state index contributed by atoms with van der Waals surface area (Å²) >= 11 is 5.99. The lowest BCUT2D eigenvalue weighted by Gasteiger charge is -2.04. The molecule has 1 aliphatic heterocycles.